The second kappa shape index (κ2) is 4.57. The maximum atomic E-state index is 13.1. The summed E-state index contributed by atoms with van der Waals surface area (Å²) >= 11 is 1.32. The lowest BCUT2D eigenvalue weighted by Crippen LogP contribution is -2.24. The number of nitrogens with zero attached hydrogens (tertiary/aromatic N) is 2. The summed E-state index contributed by atoms with van der Waals surface area (Å²) in [4.78, 5) is 18.5. The molecule has 1 saturated heterocycles. The molecule has 1 fully saturated rings. The summed E-state index contributed by atoms with van der Waals surface area (Å²) in [5, 5.41) is 0.536. The summed E-state index contributed by atoms with van der Waals surface area (Å²) in [5.74, 6) is -2.79. The normalized spacial score (nSPS) is 18.7. The summed E-state index contributed by atoms with van der Waals surface area (Å²) in [6, 6.07) is 0. The Morgan fingerprint density at radius 3 is 2.67 bits per heavy atom. The van der Waals surface area contributed by atoms with E-state index in [4.69, 9.17) is 0 Å². The first-order valence-corrected chi connectivity index (χ1v) is 6.76. The monoisotopic (exact) mass is 274 g/mol. The van der Waals surface area contributed by atoms with Gasteiger partial charge in [-0.15, -0.1) is 11.3 Å². The Morgan fingerprint density at radius 1 is 1.50 bits per heavy atom. The highest BCUT2D eigenvalue weighted by molar-refractivity contribution is 7.15. The van der Waals surface area contributed by atoms with Crippen LogP contribution in [0.4, 0.5) is 13.9 Å². The number of halogens is 2. The Labute approximate surface area is 109 Å². The number of ketones is 1. The minimum atomic E-state index is -2.64. The van der Waals surface area contributed by atoms with Crippen molar-refractivity contribution in [3.63, 3.8) is 0 Å². The Kier molecular flexibility index (Phi) is 3.40. The number of hydrogen-bond donors (Lipinski definition) is 0. The molecule has 1 aliphatic rings. The van der Waals surface area contributed by atoms with Crippen molar-refractivity contribution in [2.24, 2.45) is 5.92 Å². The van der Waals surface area contributed by atoms with Gasteiger partial charge in [-0.05, 0) is 6.92 Å². The summed E-state index contributed by atoms with van der Waals surface area (Å²) < 4.78 is 26.3. The van der Waals surface area contributed by atoms with Crippen molar-refractivity contribution in [2.45, 2.75) is 33.1 Å². The van der Waals surface area contributed by atoms with Gasteiger partial charge in [0.15, 0.2) is 10.9 Å². The van der Waals surface area contributed by atoms with Gasteiger partial charge in [-0.3, -0.25) is 4.79 Å². The van der Waals surface area contributed by atoms with E-state index in [1.54, 1.807) is 4.90 Å². The number of carbonyl (C=O) groups excluding carboxylic acids is 1. The first-order valence-electron chi connectivity index (χ1n) is 5.94. The quantitative estimate of drug-likeness (QED) is 0.794. The van der Waals surface area contributed by atoms with Crippen molar-refractivity contribution in [1.82, 2.24) is 4.98 Å². The van der Waals surface area contributed by atoms with E-state index in [2.05, 4.69) is 4.98 Å². The van der Waals surface area contributed by atoms with Crippen LogP contribution in [0.15, 0.2) is 0 Å². The number of rotatable bonds is 3. The molecule has 2 heterocycles. The molecule has 1 aromatic rings. The second-order valence-electron chi connectivity index (χ2n) is 4.95. The van der Waals surface area contributed by atoms with Crippen molar-refractivity contribution in [2.75, 3.05) is 18.0 Å². The molecule has 2 rings (SSSR count). The summed E-state index contributed by atoms with van der Waals surface area (Å²) in [6.07, 6.45) is -0.140. The predicted molar refractivity (Wildman–Crippen MR) is 67.8 cm³/mol. The van der Waals surface area contributed by atoms with Crippen LogP contribution in [-0.4, -0.2) is 29.8 Å². The number of aromatic nitrogens is 1. The number of anilines is 1. The molecule has 1 aromatic heterocycles. The second-order valence-corrected chi connectivity index (χ2v) is 6.13. The molecule has 0 unspecified atom stereocenters. The fourth-order valence-corrected chi connectivity index (χ4v) is 2.86. The zero-order valence-electron chi connectivity index (χ0n) is 10.7. The number of hydrogen-bond acceptors (Lipinski definition) is 4. The molecule has 0 radical (unpaired) electrons. The maximum Gasteiger partial charge on any atom is 0.267 e. The van der Waals surface area contributed by atoms with E-state index in [0.29, 0.717) is 17.4 Å². The standard InChI is InChI=1S/C12H16F2N2OS/c1-7(2)10(17)9-8(3)18-11(15-9)16-5-4-12(13,14)6-16/h7H,4-6H2,1-3H3. The van der Waals surface area contributed by atoms with E-state index < -0.39 is 5.92 Å². The molecule has 6 heteroatoms. The highest BCUT2D eigenvalue weighted by atomic mass is 32.1. The lowest BCUT2D eigenvalue weighted by atomic mass is 10.1. The van der Waals surface area contributed by atoms with Crippen LogP contribution in [0.25, 0.3) is 0 Å². The zero-order chi connectivity index (χ0) is 13.5. The molecule has 0 bridgehead atoms. The third kappa shape index (κ3) is 2.53. The molecule has 0 aromatic carbocycles. The SMILES string of the molecule is Cc1sc(N2CCC(F)(F)C2)nc1C(=O)C(C)C. The number of alkyl halides is 2. The first-order chi connectivity index (χ1) is 8.30. The van der Waals surface area contributed by atoms with Gasteiger partial charge in [0.05, 0.1) is 6.54 Å². The van der Waals surface area contributed by atoms with Crippen LogP contribution in [0.1, 0.15) is 35.6 Å². The van der Waals surface area contributed by atoms with Crippen LogP contribution in [0.3, 0.4) is 0 Å². The first kappa shape index (κ1) is 13.4. The van der Waals surface area contributed by atoms with Gasteiger partial charge in [-0.2, -0.15) is 0 Å². The molecule has 0 spiro atoms. The summed E-state index contributed by atoms with van der Waals surface area (Å²) in [6.45, 7) is 5.44. The average Bonchev–Trinajstić information content (AvgIpc) is 2.80. The van der Waals surface area contributed by atoms with E-state index >= 15 is 0 Å². The van der Waals surface area contributed by atoms with Crippen molar-refractivity contribution in [3.05, 3.63) is 10.6 Å². The minimum Gasteiger partial charge on any atom is -0.342 e. The average molecular weight is 274 g/mol. The van der Waals surface area contributed by atoms with E-state index in [9.17, 15) is 13.6 Å². The Morgan fingerprint density at radius 2 is 2.17 bits per heavy atom. The van der Waals surface area contributed by atoms with Gasteiger partial charge in [0.25, 0.3) is 5.92 Å². The summed E-state index contributed by atoms with van der Waals surface area (Å²) in [5.41, 5.74) is 0.431. The molecule has 0 atom stereocenters. The van der Waals surface area contributed by atoms with E-state index in [1.165, 1.54) is 11.3 Å². The van der Waals surface area contributed by atoms with Gasteiger partial charge in [-0.1, -0.05) is 13.8 Å². The van der Waals surface area contributed by atoms with Crippen molar-refractivity contribution in [3.8, 4) is 0 Å². The Hall–Kier alpha value is -1.04. The fourth-order valence-electron chi connectivity index (χ4n) is 1.92. The third-order valence-corrected chi connectivity index (χ3v) is 4.01. The van der Waals surface area contributed by atoms with E-state index in [-0.39, 0.29) is 24.7 Å². The van der Waals surface area contributed by atoms with Gasteiger partial charge >= 0.3 is 0 Å². The van der Waals surface area contributed by atoms with Gasteiger partial charge in [-0.25, -0.2) is 13.8 Å². The highest BCUT2D eigenvalue weighted by Gasteiger charge is 2.39. The van der Waals surface area contributed by atoms with E-state index in [1.807, 2.05) is 20.8 Å². The topological polar surface area (TPSA) is 33.2 Å². The van der Waals surface area contributed by atoms with Crippen LogP contribution < -0.4 is 4.90 Å². The molecule has 0 saturated carbocycles. The zero-order valence-corrected chi connectivity index (χ0v) is 11.5. The predicted octanol–water partition coefficient (Wildman–Crippen LogP) is 3.14. The van der Waals surface area contributed by atoms with Crippen LogP contribution in [0, 0.1) is 12.8 Å². The Balaban J connectivity index is 2.22. The maximum absolute atomic E-state index is 13.1. The largest absolute Gasteiger partial charge is 0.342 e. The van der Waals surface area contributed by atoms with Crippen molar-refractivity contribution < 1.29 is 13.6 Å². The summed E-state index contributed by atoms with van der Waals surface area (Å²) in [7, 11) is 0. The molecule has 18 heavy (non-hydrogen) atoms. The van der Waals surface area contributed by atoms with Crippen LogP contribution >= 0.6 is 11.3 Å². The molecule has 0 N–H and O–H groups in total. The number of thiazole rings is 1. The lowest BCUT2D eigenvalue weighted by Gasteiger charge is -2.13. The van der Waals surface area contributed by atoms with Crippen LogP contribution in [-0.2, 0) is 0 Å². The van der Waals surface area contributed by atoms with Crippen molar-refractivity contribution >= 4 is 22.3 Å². The van der Waals surface area contributed by atoms with Gasteiger partial charge in [0, 0.05) is 23.8 Å². The molecular weight excluding hydrogens is 258 g/mol. The highest BCUT2D eigenvalue weighted by Crippen LogP contribution is 2.34. The van der Waals surface area contributed by atoms with Crippen LogP contribution in [0.2, 0.25) is 0 Å². The van der Waals surface area contributed by atoms with Gasteiger partial charge in [0.1, 0.15) is 5.69 Å². The number of aryl methyl sites for hydroxylation is 1. The molecule has 100 valence electrons. The lowest BCUT2D eigenvalue weighted by molar-refractivity contribution is 0.0257. The molecule has 1 aliphatic heterocycles. The van der Waals surface area contributed by atoms with E-state index in [0.717, 1.165) is 4.88 Å². The Bertz CT molecular complexity index is 471. The molecular formula is C12H16F2N2OS. The number of Topliss-reactive ketones (excluding diaryl/α,β-unsaturated/α-hetero) is 1. The molecule has 0 amide bonds. The number of carbonyl (C=O) groups is 1. The molecule has 0 aliphatic carbocycles. The van der Waals surface area contributed by atoms with Crippen LogP contribution in [0.5, 0.6) is 0 Å². The van der Waals surface area contributed by atoms with Crippen molar-refractivity contribution in [1.29, 1.82) is 0 Å². The van der Waals surface area contributed by atoms with Gasteiger partial charge < -0.3 is 4.90 Å². The fraction of sp³-hybridized carbons (Fsp3) is 0.667. The van der Waals surface area contributed by atoms with Gasteiger partial charge in [0.2, 0.25) is 0 Å². The third-order valence-electron chi connectivity index (χ3n) is 2.98. The molecule has 3 nitrogen and oxygen atoms in total. The smallest absolute Gasteiger partial charge is 0.267 e. The minimum absolute atomic E-state index is 0.0269.